The van der Waals surface area contributed by atoms with Crippen molar-refractivity contribution in [3.8, 4) is 0 Å². The van der Waals surface area contributed by atoms with Crippen molar-refractivity contribution in [2.45, 2.75) is 13.3 Å². The van der Waals surface area contributed by atoms with Gasteiger partial charge in [-0.1, -0.05) is 25.1 Å². The molecular weight excluding hydrogens is 272 g/mol. The van der Waals surface area contributed by atoms with Crippen LogP contribution in [0.2, 0.25) is 0 Å². The smallest absolute Gasteiger partial charge is 0.307 e. The molecule has 0 saturated heterocycles. The number of carboxylic acid groups (broad SMARTS) is 1. The Labute approximate surface area is 124 Å². The van der Waals surface area contributed by atoms with E-state index in [0.29, 0.717) is 18.7 Å². The van der Waals surface area contributed by atoms with Gasteiger partial charge in [-0.05, 0) is 18.6 Å². The maximum absolute atomic E-state index is 12.0. The first-order chi connectivity index (χ1) is 10.0. The van der Waals surface area contributed by atoms with E-state index in [1.165, 1.54) is 0 Å². The third-order valence-electron chi connectivity index (χ3n) is 3.01. The second-order valence-electron chi connectivity index (χ2n) is 4.97. The summed E-state index contributed by atoms with van der Waals surface area (Å²) >= 11 is 0. The van der Waals surface area contributed by atoms with Gasteiger partial charge < -0.3 is 15.5 Å². The van der Waals surface area contributed by atoms with Crippen LogP contribution in [0, 0.1) is 5.92 Å². The molecule has 0 radical (unpaired) electrons. The molecule has 6 nitrogen and oxygen atoms in total. The molecule has 21 heavy (non-hydrogen) atoms. The molecule has 0 aromatic heterocycles. The molecular formula is C15H22N2O4. The lowest BCUT2D eigenvalue weighted by molar-refractivity contribution is -0.142. The number of hydrogen-bond donors (Lipinski definition) is 3. The number of carbonyl (C=O) groups excluding carboxylic acids is 1. The zero-order chi connectivity index (χ0) is 15.7. The monoisotopic (exact) mass is 294 g/mol. The Morgan fingerprint density at radius 3 is 2.52 bits per heavy atom. The molecule has 0 aliphatic carbocycles. The highest BCUT2D eigenvalue weighted by Crippen LogP contribution is 2.06. The average molecular weight is 294 g/mol. The van der Waals surface area contributed by atoms with E-state index in [0.717, 1.165) is 0 Å². The number of rotatable bonds is 9. The molecule has 1 aromatic rings. The Balaban J connectivity index is 2.54. The summed E-state index contributed by atoms with van der Waals surface area (Å²) in [6.45, 7) is 2.47. The third-order valence-corrected chi connectivity index (χ3v) is 3.01. The number of aliphatic hydroxyl groups excluding tert-OH is 1. The minimum atomic E-state index is -0.896. The standard InChI is InChI=1S/C15H22N2O4/c1-12(15(20)21)10-17(8-5-9-18)11-14(19)16-13-6-3-2-4-7-13/h2-4,6-7,12,18H,5,8-11H2,1H3,(H,16,19)(H,20,21). The van der Waals surface area contributed by atoms with Gasteiger partial charge in [-0.15, -0.1) is 0 Å². The Morgan fingerprint density at radius 1 is 1.29 bits per heavy atom. The fourth-order valence-electron chi connectivity index (χ4n) is 1.92. The quantitative estimate of drug-likeness (QED) is 0.633. The number of benzene rings is 1. The molecule has 116 valence electrons. The molecule has 1 unspecified atom stereocenters. The SMILES string of the molecule is CC(CN(CCCO)CC(=O)Nc1ccccc1)C(=O)O. The van der Waals surface area contributed by atoms with Crippen molar-refractivity contribution in [1.29, 1.82) is 0 Å². The van der Waals surface area contributed by atoms with Gasteiger partial charge in [0, 0.05) is 25.4 Å². The first-order valence-corrected chi connectivity index (χ1v) is 6.94. The number of nitrogens with one attached hydrogen (secondary N) is 1. The van der Waals surface area contributed by atoms with Crippen LogP contribution in [-0.4, -0.2) is 53.2 Å². The predicted molar refractivity (Wildman–Crippen MR) is 80.0 cm³/mol. The van der Waals surface area contributed by atoms with Gasteiger partial charge in [0.25, 0.3) is 0 Å². The molecule has 1 amide bonds. The molecule has 0 spiro atoms. The molecule has 0 heterocycles. The average Bonchev–Trinajstić information content (AvgIpc) is 2.45. The van der Waals surface area contributed by atoms with Gasteiger partial charge in [-0.2, -0.15) is 0 Å². The molecule has 1 rings (SSSR count). The first-order valence-electron chi connectivity index (χ1n) is 6.94. The maximum atomic E-state index is 12.0. The van der Waals surface area contributed by atoms with E-state index in [4.69, 9.17) is 10.2 Å². The number of anilines is 1. The normalized spacial score (nSPS) is 12.1. The van der Waals surface area contributed by atoms with Gasteiger partial charge in [0.1, 0.15) is 0 Å². The molecule has 1 atom stereocenters. The van der Waals surface area contributed by atoms with Crippen molar-refractivity contribution in [3.05, 3.63) is 30.3 Å². The number of hydrogen-bond acceptors (Lipinski definition) is 4. The fourth-order valence-corrected chi connectivity index (χ4v) is 1.92. The van der Waals surface area contributed by atoms with E-state index in [9.17, 15) is 9.59 Å². The van der Waals surface area contributed by atoms with Crippen LogP contribution in [0.5, 0.6) is 0 Å². The summed E-state index contributed by atoms with van der Waals surface area (Å²) in [5.74, 6) is -1.66. The predicted octanol–water partition coefficient (Wildman–Crippen LogP) is 1.03. The first kappa shape index (κ1) is 17.1. The van der Waals surface area contributed by atoms with Gasteiger partial charge in [-0.25, -0.2) is 0 Å². The van der Waals surface area contributed by atoms with E-state index in [1.807, 2.05) is 18.2 Å². The molecule has 6 heteroatoms. The van der Waals surface area contributed by atoms with E-state index in [-0.39, 0.29) is 25.6 Å². The largest absolute Gasteiger partial charge is 0.481 e. The fraction of sp³-hybridized carbons (Fsp3) is 0.467. The zero-order valence-corrected chi connectivity index (χ0v) is 12.2. The van der Waals surface area contributed by atoms with E-state index < -0.39 is 11.9 Å². The van der Waals surface area contributed by atoms with Crippen LogP contribution >= 0.6 is 0 Å². The highest BCUT2D eigenvalue weighted by atomic mass is 16.4. The van der Waals surface area contributed by atoms with E-state index in [2.05, 4.69) is 5.32 Å². The van der Waals surface area contributed by atoms with Crippen LogP contribution in [0.1, 0.15) is 13.3 Å². The van der Waals surface area contributed by atoms with Gasteiger partial charge >= 0.3 is 5.97 Å². The zero-order valence-electron chi connectivity index (χ0n) is 12.2. The van der Waals surface area contributed by atoms with Crippen LogP contribution in [0.4, 0.5) is 5.69 Å². The highest BCUT2D eigenvalue weighted by Gasteiger charge is 2.18. The number of para-hydroxylation sites is 1. The van der Waals surface area contributed by atoms with Crippen LogP contribution in [0.3, 0.4) is 0 Å². The molecule has 1 aromatic carbocycles. The minimum absolute atomic E-state index is 0.0122. The summed E-state index contributed by atoms with van der Waals surface area (Å²) in [4.78, 5) is 24.6. The van der Waals surface area contributed by atoms with Crippen molar-refractivity contribution >= 4 is 17.6 Å². The van der Waals surface area contributed by atoms with Crippen LogP contribution in [-0.2, 0) is 9.59 Å². The Kier molecular flexibility index (Phi) is 7.42. The van der Waals surface area contributed by atoms with Crippen molar-refractivity contribution < 1.29 is 19.8 Å². The summed E-state index contributed by atoms with van der Waals surface area (Å²) < 4.78 is 0. The van der Waals surface area contributed by atoms with E-state index in [1.54, 1.807) is 24.0 Å². The number of nitrogens with zero attached hydrogens (tertiary/aromatic N) is 1. The number of carboxylic acids is 1. The summed E-state index contributed by atoms with van der Waals surface area (Å²) in [7, 11) is 0. The van der Waals surface area contributed by atoms with Crippen LogP contribution < -0.4 is 5.32 Å². The molecule has 0 saturated carbocycles. The van der Waals surface area contributed by atoms with Gasteiger partial charge in [0.15, 0.2) is 0 Å². The Morgan fingerprint density at radius 2 is 1.95 bits per heavy atom. The molecule has 0 fully saturated rings. The summed E-state index contributed by atoms with van der Waals surface area (Å²) in [6.07, 6.45) is 0.505. The molecule has 3 N–H and O–H groups in total. The van der Waals surface area contributed by atoms with E-state index >= 15 is 0 Å². The number of carbonyl (C=O) groups is 2. The van der Waals surface area contributed by atoms with Crippen molar-refractivity contribution in [2.75, 3.05) is 31.6 Å². The van der Waals surface area contributed by atoms with Crippen LogP contribution in [0.15, 0.2) is 30.3 Å². The summed E-state index contributed by atoms with van der Waals surface area (Å²) in [5.41, 5.74) is 0.705. The number of aliphatic hydroxyl groups is 1. The minimum Gasteiger partial charge on any atom is -0.481 e. The van der Waals surface area contributed by atoms with Crippen LogP contribution in [0.25, 0.3) is 0 Å². The molecule has 0 bridgehead atoms. The number of amides is 1. The van der Waals surface area contributed by atoms with Gasteiger partial charge in [0.05, 0.1) is 12.5 Å². The lowest BCUT2D eigenvalue weighted by Crippen LogP contribution is -2.38. The van der Waals surface area contributed by atoms with Crippen molar-refractivity contribution in [2.24, 2.45) is 5.92 Å². The lowest BCUT2D eigenvalue weighted by Gasteiger charge is -2.23. The van der Waals surface area contributed by atoms with Gasteiger partial charge in [-0.3, -0.25) is 14.5 Å². The lowest BCUT2D eigenvalue weighted by atomic mass is 10.1. The topological polar surface area (TPSA) is 89.9 Å². The number of aliphatic carboxylic acids is 1. The Bertz CT molecular complexity index is 450. The second kappa shape index (κ2) is 9.10. The van der Waals surface area contributed by atoms with Crippen molar-refractivity contribution in [1.82, 2.24) is 4.90 Å². The Hall–Kier alpha value is -1.92. The summed E-state index contributed by atoms with van der Waals surface area (Å²) in [5, 5.41) is 20.6. The second-order valence-corrected chi connectivity index (χ2v) is 4.97. The summed E-state index contributed by atoms with van der Waals surface area (Å²) in [6, 6.07) is 9.08. The highest BCUT2D eigenvalue weighted by molar-refractivity contribution is 5.92. The third kappa shape index (κ3) is 6.87. The van der Waals surface area contributed by atoms with Crippen molar-refractivity contribution in [3.63, 3.8) is 0 Å². The molecule has 0 aliphatic rings. The maximum Gasteiger partial charge on any atom is 0.307 e. The van der Waals surface area contributed by atoms with Gasteiger partial charge in [0.2, 0.25) is 5.91 Å². The molecule has 0 aliphatic heterocycles.